The Labute approximate surface area is 120 Å². The first-order valence-electron chi connectivity index (χ1n) is 6.89. The SMILES string of the molecule is CCOC(=O)CN(CC)c1nc(C)cc(OC(C)C)n1. The number of anilines is 1. The van der Waals surface area contributed by atoms with Crippen molar-refractivity contribution in [3.8, 4) is 5.88 Å². The van der Waals surface area contributed by atoms with Crippen LogP contribution in [0.4, 0.5) is 5.95 Å². The zero-order chi connectivity index (χ0) is 15.1. The average molecular weight is 281 g/mol. The van der Waals surface area contributed by atoms with Gasteiger partial charge in [-0.25, -0.2) is 4.98 Å². The molecule has 112 valence electrons. The number of likely N-dealkylation sites (N-methyl/N-ethyl adjacent to an activating group) is 1. The predicted molar refractivity (Wildman–Crippen MR) is 77.1 cm³/mol. The van der Waals surface area contributed by atoms with Gasteiger partial charge in [0.25, 0.3) is 0 Å². The second kappa shape index (κ2) is 7.67. The molecule has 0 unspecified atom stereocenters. The Morgan fingerprint density at radius 2 is 2.05 bits per heavy atom. The van der Waals surface area contributed by atoms with E-state index in [-0.39, 0.29) is 18.6 Å². The molecule has 1 aromatic heterocycles. The zero-order valence-electron chi connectivity index (χ0n) is 12.8. The van der Waals surface area contributed by atoms with E-state index in [1.807, 2.05) is 27.7 Å². The van der Waals surface area contributed by atoms with Gasteiger partial charge in [-0.15, -0.1) is 0 Å². The molecule has 0 radical (unpaired) electrons. The van der Waals surface area contributed by atoms with E-state index in [9.17, 15) is 4.79 Å². The van der Waals surface area contributed by atoms with Crippen molar-refractivity contribution in [1.29, 1.82) is 0 Å². The van der Waals surface area contributed by atoms with Crippen LogP contribution in [0.1, 0.15) is 33.4 Å². The van der Waals surface area contributed by atoms with Crippen molar-refractivity contribution in [3.05, 3.63) is 11.8 Å². The minimum Gasteiger partial charge on any atom is -0.475 e. The lowest BCUT2D eigenvalue weighted by Gasteiger charge is -2.21. The van der Waals surface area contributed by atoms with Gasteiger partial charge in [-0.3, -0.25) is 4.79 Å². The van der Waals surface area contributed by atoms with Gasteiger partial charge in [-0.05, 0) is 34.6 Å². The van der Waals surface area contributed by atoms with Gasteiger partial charge in [0.15, 0.2) is 0 Å². The van der Waals surface area contributed by atoms with E-state index in [4.69, 9.17) is 9.47 Å². The summed E-state index contributed by atoms with van der Waals surface area (Å²) in [5.74, 6) is 0.715. The maximum absolute atomic E-state index is 11.6. The molecular formula is C14H23N3O3. The topological polar surface area (TPSA) is 64.5 Å². The van der Waals surface area contributed by atoms with Gasteiger partial charge in [0.2, 0.25) is 11.8 Å². The molecular weight excluding hydrogens is 258 g/mol. The quantitative estimate of drug-likeness (QED) is 0.712. The second-order valence-corrected chi connectivity index (χ2v) is 4.63. The lowest BCUT2D eigenvalue weighted by Crippen LogP contribution is -2.32. The Hall–Kier alpha value is -1.85. The first kappa shape index (κ1) is 16.2. The Bertz CT molecular complexity index is 449. The third-order valence-electron chi connectivity index (χ3n) is 2.47. The Balaban J connectivity index is 2.91. The number of aromatic nitrogens is 2. The fraction of sp³-hybridized carbons (Fsp3) is 0.643. The Kier molecular flexibility index (Phi) is 6.21. The molecule has 0 amide bonds. The van der Waals surface area contributed by atoms with Crippen molar-refractivity contribution in [2.75, 3.05) is 24.6 Å². The Morgan fingerprint density at radius 1 is 1.35 bits per heavy atom. The van der Waals surface area contributed by atoms with E-state index < -0.39 is 0 Å². The molecule has 0 atom stereocenters. The highest BCUT2D eigenvalue weighted by Crippen LogP contribution is 2.16. The molecule has 0 aliphatic carbocycles. The van der Waals surface area contributed by atoms with Crippen LogP contribution in [0.25, 0.3) is 0 Å². The molecule has 0 saturated carbocycles. The number of hydrogen-bond acceptors (Lipinski definition) is 6. The van der Waals surface area contributed by atoms with E-state index in [0.29, 0.717) is 25.0 Å². The molecule has 1 heterocycles. The van der Waals surface area contributed by atoms with Gasteiger partial charge < -0.3 is 14.4 Å². The van der Waals surface area contributed by atoms with Crippen LogP contribution in [-0.2, 0) is 9.53 Å². The van der Waals surface area contributed by atoms with Gasteiger partial charge in [-0.2, -0.15) is 4.98 Å². The van der Waals surface area contributed by atoms with E-state index >= 15 is 0 Å². The molecule has 1 aromatic rings. The summed E-state index contributed by atoms with van der Waals surface area (Å²) in [5.41, 5.74) is 0.799. The number of ether oxygens (including phenoxy) is 2. The second-order valence-electron chi connectivity index (χ2n) is 4.63. The summed E-state index contributed by atoms with van der Waals surface area (Å²) < 4.78 is 10.5. The van der Waals surface area contributed by atoms with E-state index in [1.54, 1.807) is 17.9 Å². The van der Waals surface area contributed by atoms with Gasteiger partial charge in [0.05, 0.1) is 12.7 Å². The minimum atomic E-state index is -0.286. The molecule has 6 heteroatoms. The van der Waals surface area contributed by atoms with Crippen LogP contribution >= 0.6 is 0 Å². The van der Waals surface area contributed by atoms with Crippen molar-refractivity contribution >= 4 is 11.9 Å². The summed E-state index contributed by atoms with van der Waals surface area (Å²) in [4.78, 5) is 22.0. The molecule has 0 fully saturated rings. The Morgan fingerprint density at radius 3 is 2.60 bits per heavy atom. The highest BCUT2D eigenvalue weighted by molar-refractivity contribution is 5.74. The molecule has 6 nitrogen and oxygen atoms in total. The zero-order valence-corrected chi connectivity index (χ0v) is 12.8. The van der Waals surface area contributed by atoms with Crippen molar-refractivity contribution in [1.82, 2.24) is 9.97 Å². The van der Waals surface area contributed by atoms with Crippen LogP contribution in [-0.4, -0.2) is 41.7 Å². The molecule has 0 spiro atoms. The summed E-state index contributed by atoms with van der Waals surface area (Å²) in [5, 5.41) is 0. The molecule has 0 N–H and O–H groups in total. The van der Waals surface area contributed by atoms with Gasteiger partial charge in [0.1, 0.15) is 6.54 Å². The van der Waals surface area contributed by atoms with E-state index in [0.717, 1.165) is 5.69 Å². The number of nitrogens with zero attached hydrogens (tertiary/aromatic N) is 3. The summed E-state index contributed by atoms with van der Waals surface area (Å²) in [6, 6.07) is 1.78. The van der Waals surface area contributed by atoms with Crippen molar-refractivity contribution in [2.24, 2.45) is 0 Å². The highest BCUT2D eigenvalue weighted by Gasteiger charge is 2.15. The molecule has 0 aliphatic rings. The monoisotopic (exact) mass is 281 g/mol. The number of esters is 1. The number of aryl methyl sites for hydroxylation is 1. The van der Waals surface area contributed by atoms with Crippen LogP contribution in [0.2, 0.25) is 0 Å². The smallest absolute Gasteiger partial charge is 0.325 e. The third kappa shape index (κ3) is 5.03. The molecule has 1 rings (SSSR count). The van der Waals surface area contributed by atoms with Crippen LogP contribution in [0.3, 0.4) is 0 Å². The molecule has 0 bridgehead atoms. The average Bonchev–Trinajstić information content (AvgIpc) is 2.34. The summed E-state index contributed by atoms with van der Waals surface area (Å²) in [6.07, 6.45) is 0.0392. The fourth-order valence-corrected chi connectivity index (χ4v) is 1.65. The summed E-state index contributed by atoms with van der Waals surface area (Å²) in [6.45, 7) is 10.6. The van der Waals surface area contributed by atoms with Crippen LogP contribution in [0, 0.1) is 6.92 Å². The van der Waals surface area contributed by atoms with Gasteiger partial charge in [0, 0.05) is 18.3 Å². The third-order valence-corrected chi connectivity index (χ3v) is 2.47. The normalized spacial score (nSPS) is 10.5. The van der Waals surface area contributed by atoms with E-state index in [1.165, 1.54) is 0 Å². The number of carbonyl (C=O) groups is 1. The number of hydrogen-bond donors (Lipinski definition) is 0. The fourth-order valence-electron chi connectivity index (χ4n) is 1.65. The number of rotatable bonds is 7. The van der Waals surface area contributed by atoms with Crippen LogP contribution in [0.15, 0.2) is 6.07 Å². The highest BCUT2D eigenvalue weighted by atomic mass is 16.5. The standard InChI is InChI=1S/C14H23N3O3/c1-6-17(9-13(18)19-7-2)14-15-11(5)8-12(16-14)20-10(3)4/h8,10H,6-7,9H2,1-5H3. The van der Waals surface area contributed by atoms with E-state index in [2.05, 4.69) is 9.97 Å². The molecule has 0 saturated heterocycles. The first-order valence-corrected chi connectivity index (χ1v) is 6.89. The molecule has 0 aliphatic heterocycles. The van der Waals surface area contributed by atoms with Gasteiger partial charge in [-0.1, -0.05) is 0 Å². The summed E-state index contributed by atoms with van der Waals surface area (Å²) >= 11 is 0. The van der Waals surface area contributed by atoms with Crippen LogP contribution < -0.4 is 9.64 Å². The first-order chi connectivity index (χ1) is 9.46. The lowest BCUT2D eigenvalue weighted by atomic mass is 10.4. The van der Waals surface area contributed by atoms with Crippen molar-refractivity contribution < 1.29 is 14.3 Å². The predicted octanol–water partition coefficient (Wildman–Crippen LogP) is 1.96. The van der Waals surface area contributed by atoms with Gasteiger partial charge >= 0.3 is 5.97 Å². The van der Waals surface area contributed by atoms with Crippen molar-refractivity contribution in [2.45, 2.75) is 40.7 Å². The maximum Gasteiger partial charge on any atom is 0.325 e. The van der Waals surface area contributed by atoms with Crippen LogP contribution in [0.5, 0.6) is 5.88 Å². The largest absolute Gasteiger partial charge is 0.475 e. The maximum atomic E-state index is 11.6. The lowest BCUT2D eigenvalue weighted by molar-refractivity contribution is -0.141. The van der Waals surface area contributed by atoms with Crippen molar-refractivity contribution in [3.63, 3.8) is 0 Å². The molecule has 20 heavy (non-hydrogen) atoms. The minimum absolute atomic E-state index is 0.0392. The summed E-state index contributed by atoms with van der Waals surface area (Å²) in [7, 11) is 0. The molecule has 0 aromatic carbocycles. The number of carbonyl (C=O) groups excluding carboxylic acids is 1.